The van der Waals surface area contributed by atoms with E-state index in [2.05, 4.69) is 22.4 Å². The second-order valence-corrected chi connectivity index (χ2v) is 5.63. The minimum Gasteiger partial charge on any atom is -0.444 e. The highest BCUT2D eigenvalue weighted by atomic mass is 16.3. The van der Waals surface area contributed by atoms with Crippen LogP contribution in [-0.4, -0.2) is 17.4 Å². The molecule has 0 aliphatic heterocycles. The summed E-state index contributed by atoms with van der Waals surface area (Å²) in [5.41, 5.74) is 2.84. The molecule has 4 nitrogen and oxygen atoms in total. The van der Waals surface area contributed by atoms with Gasteiger partial charge in [-0.15, -0.1) is 0 Å². The number of aryl methyl sites for hydroxylation is 1. The lowest BCUT2D eigenvalue weighted by Gasteiger charge is -2.04. The number of benzene rings is 2. The van der Waals surface area contributed by atoms with Crippen molar-refractivity contribution in [1.29, 1.82) is 0 Å². The van der Waals surface area contributed by atoms with Gasteiger partial charge >= 0.3 is 0 Å². The predicted molar refractivity (Wildman–Crippen MR) is 93.4 cm³/mol. The van der Waals surface area contributed by atoms with E-state index in [-0.39, 0.29) is 12.3 Å². The highest BCUT2D eigenvalue weighted by Crippen LogP contribution is 2.18. The maximum absolute atomic E-state index is 12.0. The fourth-order valence-electron chi connectivity index (χ4n) is 2.49. The molecule has 0 fully saturated rings. The molecule has 0 radical (unpaired) electrons. The fourth-order valence-corrected chi connectivity index (χ4v) is 2.49. The van der Waals surface area contributed by atoms with E-state index in [1.54, 1.807) is 6.26 Å². The summed E-state index contributed by atoms with van der Waals surface area (Å²) < 4.78 is 5.44. The first-order chi connectivity index (χ1) is 11.8. The first-order valence-corrected chi connectivity index (χ1v) is 8.12. The molecule has 0 unspecified atom stereocenters. The zero-order valence-electron chi connectivity index (χ0n) is 13.4. The van der Waals surface area contributed by atoms with Crippen molar-refractivity contribution < 1.29 is 9.21 Å². The number of amides is 1. The maximum atomic E-state index is 12.0. The van der Waals surface area contributed by atoms with Gasteiger partial charge in [0.2, 0.25) is 11.8 Å². The first kappa shape index (κ1) is 16.0. The van der Waals surface area contributed by atoms with E-state index in [1.807, 2.05) is 48.5 Å². The van der Waals surface area contributed by atoms with E-state index in [1.165, 1.54) is 5.56 Å². The van der Waals surface area contributed by atoms with Crippen LogP contribution >= 0.6 is 0 Å². The second-order valence-electron chi connectivity index (χ2n) is 5.63. The molecular formula is C20H20N2O2. The molecule has 0 atom stereocenters. The number of hydrogen-bond acceptors (Lipinski definition) is 3. The van der Waals surface area contributed by atoms with Crippen molar-refractivity contribution in [3.05, 3.63) is 78.2 Å². The van der Waals surface area contributed by atoms with Crippen molar-refractivity contribution in [2.75, 3.05) is 6.54 Å². The highest BCUT2D eigenvalue weighted by molar-refractivity contribution is 5.78. The van der Waals surface area contributed by atoms with Crippen LogP contribution < -0.4 is 5.32 Å². The van der Waals surface area contributed by atoms with Gasteiger partial charge in [0, 0.05) is 12.1 Å². The number of carbonyl (C=O) groups is 1. The summed E-state index contributed by atoms with van der Waals surface area (Å²) >= 11 is 0. The van der Waals surface area contributed by atoms with Gasteiger partial charge in [-0.25, -0.2) is 4.98 Å². The fraction of sp³-hybridized carbons (Fsp3) is 0.200. The van der Waals surface area contributed by atoms with E-state index >= 15 is 0 Å². The molecule has 1 N–H and O–H groups in total. The van der Waals surface area contributed by atoms with Gasteiger partial charge in [0.15, 0.2) is 0 Å². The number of oxazole rings is 1. The Morgan fingerprint density at radius 1 is 1.00 bits per heavy atom. The summed E-state index contributed by atoms with van der Waals surface area (Å²) in [7, 11) is 0. The molecule has 2 aromatic carbocycles. The standard InChI is InChI=1S/C20H20N2O2/c23-19(21-13-7-10-16-8-3-1-4-9-16)14-18-15-24-20(22-18)17-11-5-2-6-12-17/h1-6,8-9,11-12,15H,7,10,13-14H2,(H,21,23). The van der Waals surface area contributed by atoms with E-state index in [4.69, 9.17) is 4.42 Å². The Balaban J connectivity index is 1.43. The zero-order valence-corrected chi connectivity index (χ0v) is 13.4. The van der Waals surface area contributed by atoms with Gasteiger partial charge in [-0.3, -0.25) is 4.79 Å². The van der Waals surface area contributed by atoms with Crippen LogP contribution in [0.5, 0.6) is 0 Å². The average Bonchev–Trinajstić information content (AvgIpc) is 3.09. The Kier molecular flexibility index (Phi) is 5.40. The number of carbonyl (C=O) groups excluding carboxylic acids is 1. The third kappa shape index (κ3) is 4.56. The van der Waals surface area contributed by atoms with Gasteiger partial charge in [0.1, 0.15) is 6.26 Å². The molecule has 0 spiro atoms. The van der Waals surface area contributed by atoms with Gasteiger partial charge in [0.05, 0.1) is 12.1 Å². The van der Waals surface area contributed by atoms with E-state index < -0.39 is 0 Å². The summed E-state index contributed by atoms with van der Waals surface area (Å²) in [4.78, 5) is 16.3. The molecule has 1 amide bonds. The summed E-state index contributed by atoms with van der Waals surface area (Å²) in [5, 5.41) is 2.93. The predicted octanol–water partition coefficient (Wildman–Crippen LogP) is 3.63. The molecule has 3 aromatic rings. The Morgan fingerprint density at radius 3 is 2.46 bits per heavy atom. The van der Waals surface area contributed by atoms with Crippen LogP contribution in [-0.2, 0) is 17.6 Å². The monoisotopic (exact) mass is 320 g/mol. The van der Waals surface area contributed by atoms with Crippen LogP contribution in [0.1, 0.15) is 17.7 Å². The summed E-state index contributed by atoms with van der Waals surface area (Å²) in [5.74, 6) is 0.512. The number of nitrogens with one attached hydrogen (secondary N) is 1. The van der Waals surface area contributed by atoms with Crippen molar-refractivity contribution in [2.24, 2.45) is 0 Å². The van der Waals surface area contributed by atoms with Crippen molar-refractivity contribution in [3.63, 3.8) is 0 Å². The molecule has 0 bridgehead atoms. The molecule has 24 heavy (non-hydrogen) atoms. The molecule has 0 aliphatic carbocycles. The molecule has 3 rings (SSSR count). The van der Waals surface area contributed by atoms with Crippen molar-refractivity contribution in [3.8, 4) is 11.5 Å². The van der Waals surface area contributed by atoms with Crippen LogP contribution in [0.3, 0.4) is 0 Å². The van der Waals surface area contributed by atoms with E-state index in [0.29, 0.717) is 18.1 Å². The van der Waals surface area contributed by atoms with Crippen LogP contribution in [0.25, 0.3) is 11.5 Å². The van der Waals surface area contributed by atoms with Crippen molar-refractivity contribution in [2.45, 2.75) is 19.3 Å². The number of aromatic nitrogens is 1. The minimum absolute atomic E-state index is 0.0315. The van der Waals surface area contributed by atoms with Crippen LogP contribution in [0.4, 0.5) is 0 Å². The Morgan fingerprint density at radius 2 is 1.71 bits per heavy atom. The number of nitrogens with zero attached hydrogens (tertiary/aromatic N) is 1. The molecule has 122 valence electrons. The molecule has 1 aromatic heterocycles. The van der Waals surface area contributed by atoms with Crippen molar-refractivity contribution in [1.82, 2.24) is 10.3 Å². The largest absolute Gasteiger partial charge is 0.444 e. The Hall–Kier alpha value is -2.88. The van der Waals surface area contributed by atoms with Gasteiger partial charge < -0.3 is 9.73 Å². The summed E-state index contributed by atoms with van der Waals surface area (Å²) in [6.07, 6.45) is 3.67. The Bertz CT molecular complexity index is 767. The van der Waals surface area contributed by atoms with Crippen LogP contribution in [0.2, 0.25) is 0 Å². The van der Waals surface area contributed by atoms with Crippen LogP contribution in [0.15, 0.2) is 71.3 Å². The summed E-state index contributed by atoms with van der Waals surface area (Å²) in [6, 6.07) is 19.9. The summed E-state index contributed by atoms with van der Waals surface area (Å²) in [6.45, 7) is 0.664. The Labute approximate surface area is 141 Å². The number of hydrogen-bond donors (Lipinski definition) is 1. The second kappa shape index (κ2) is 8.11. The lowest BCUT2D eigenvalue weighted by molar-refractivity contribution is -0.120. The van der Waals surface area contributed by atoms with Gasteiger partial charge in [0.25, 0.3) is 0 Å². The molecule has 0 saturated heterocycles. The van der Waals surface area contributed by atoms with Gasteiger partial charge in [-0.1, -0.05) is 48.5 Å². The smallest absolute Gasteiger partial charge is 0.226 e. The first-order valence-electron chi connectivity index (χ1n) is 8.12. The van der Waals surface area contributed by atoms with E-state index in [0.717, 1.165) is 18.4 Å². The number of rotatable bonds is 7. The molecule has 4 heteroatoms. The topological polar surface area (TPSA) is 55.1 Å². The third-order valence-electron chi connectivity index (χ3n) is 3.72. The molecule has 0 saturated carbocycles. The molecular weight excluding hydrogens is 300 g/mol. The molecule has 1 heterocycles. The third-order valence-corrected chi connectivity index (χ3v) is 3.72. The minimum atomic E-state index is -0.0315. The van der Waals surface area contributed by atoms with E-state index in [9.17, 15) is 4.79 Å². The average molecular weight is 320 g/mol. The lowest BCUT2D eigenvalue weighted by Crippen LogP contribution is -2.26. The highest BCUT2D eigenvalue weighted by Gasteiger charge is 2.09. The quantitative estimate of drug-likeness (QED) is 0.676. The van der Waals surface area contributed by atoms with Gasteiger partial charge in [-0.2, -0.15) is 0 Å². The zero-order chi connectivity index (χ0) is 16.6. The molecule has 0 aliphatic rings. The maximum Gasteiger partial charge on any atom is 0.226 e. The SMILES string of the molecule is O=C(Cc1coc(-c2ccccc2)n1)NCCCc1ccccc1. The van der Waals surface area contributed by atoms with Crippen LogP contribution in [0, 0.1) is 0 Å². The van der Waals surface area contributed by atoms with Gasteiger partial charge in [-0.05, 0) is 30.5 Å². The normalized spacial score (nSPS) is 10.5. The lowest BCUT2D eigenvalue weighted by atomic mass is 10.1. The van der Waals surface area contributed by atoms with Crippen molar-refractivity contribution >= 4 is 5.91 Å².